The van der Waals surface area contributed by atoms with Crippen molar-refractivity contribution in [1.82, 2.24) is 4.98 Å². The minimum Gasteiger partial charge on any atom is -0.258 e. The van der Waals surface area contributed by atoms with Crippen LogP contribution in [0, 0.1) is 10.1 Å². The summed E-state index contributed by atoms with van der Waals surface area (Å²) >= 11 is 0. The average Bonchev–Trinajstić information content (AvgIpc) is 2.58. The van der Waals surface area contributed by atoms with E-state index in [0.29, 0.717) is 16.6 Å². The van der Waals surface area contributed by atoms with Crippen LogP contribution in [-0.2, 0) is 6.18 Å². The lowest BCUT2D eigenvalue weighted by atomic mass is 10.1. The molecule has 2 aromatic carbocycles. The monoisotopic (exact) mass is 344 g/mol. The van der Waals surface area contributed by atoms with E-state index in [2.05, 4.69) is 4.98 Å². The molecule has 126 valence electrons. The van der Waals surface area contributed by atoms with Gasteiger partial charge in [-0.3, -0.25) is 10.1 Å². The highest BCUT2D eigenvalue weighted by Gasteiger charge is 2.30. The Morgan fingerprint density at radius 1 is 1.00 bits per heavy atom. The van der Waals surface area contributed by atoms with Crippen LogP contribution < -0.4 is 0 Å². The molecule has 4 nitrogen and oxygen atoms in total. The molecule has 3 rings (SSSR count). The van der Waals surface area contributed by atoms with Gasteiger partial charge in [-0.25, -0.2) is 4.98 Å². The number of benzene rings is 2. The zero-order chi connectivity index (χ0) is 18.0. The Labute approximate surface area is 140 Å². The van der Waals surface area contributed by atoms with Crippen LogP contribution in [0.4, 0.5) is 18.9 Å². The molecule has 0 saturated heterocycles. The second-order valence-electron chi connectivity index (χ2n) is 5.30. The summed E-state index contributed by atoms with van der Waals surface area (Å²) in [5, 5.41) is 11.7. The first-order valence-electron chi connectivity index (χ1n) is 7.24. The Morgan fingerprint density at radius 3 is 2.48 bits per heavy atom. The molecule has 0 spiro atoms. The van der Waals surface area contributed by atoms with E-state index in [4.69, 9.17) is 0 Å². The lowest BCUT2D eigenvalue weighted by molar-refractivity contribution is -0.383. The molecule has 0 unspecified atom stereocenters. The number of non-ortho nitro benzene ring substituents is 1. The quantitative estimate of drug-likeness (QED) is 0.476. The molecule has 7 heteroatoms. The largest absolute Gasteiger partial charge is 0.416 e. The molecule has 25 heavy (non-hydrogen) atoms. The molecule has 0 aliphatic carbocycles. The molecule has 1 aromatic heterocycles. The Balaban J connectivity index is 1.97. The fraction of sp³-hybridized carbons (Fsp3) is 0.0556. The van der Waals surface area contributed by atoms with Gasteiger partial charge in [-0.1, -0.05) is 36.4 Å². The van der Waals surface area contributed by atoms with E-state index in [1.807, 2.05) is 0 Å². The summed E-state index contributed by atoms with van der Waals surface area (Å²) in [6.45, 7) is 0. The molecule has 0 bridgehead atoms. The number of aromatic nitrogens is 1. The second-order valence-corrected chi connectivity index (χ2v) is 5.30. The van der Waals surface area contributed by atoms with Crippen LogP contribution in [0.2, 0.25) is 0 Å². The molecule has 0 radical (unpaired) electrons. The van der Waals surface area contributed by atoms with Crippen molar-refractivity contribution in [3.8, 4) is 0 Å². The number of alkyl halides is 3. The molecule has 0 atom stereocenters. The number of hydrogen-bond acceptors (Lipinski definition) is 3. The Hall–Kier alpha value is -3.22. The molecular formula is C18H11F3N2O2. The number of fused-ring (bicyclic) bond motifs is 1. The first kappa shape index (κ1) is 16.6. The van der Waals surface area contributed by atoms with Gasteiger partial charge in [0.05, 0.1) is 16.2 Å². The third-order valence-electron chi connectivity index (χ3n) is 3.58. The number of nitrogens with zero attached hydrogens (tertiary/aromatic N) is 2. The SMILES string of the molecule is O=[N+]([O-])c1cccc2ccc(C=Cc3cccc(C(F)(F)F)c3)nc12. The predicted molar refractivity (Wildman–Crippen MR) is 88.8 cm³/mol. The molecular weight excluding hydrogens is 333 g/mol. The minimum atomic E-state index is -4.41. The van der Waals surface area contributed by atoms with Crippen molar-refractivity contribution in [2.24, 2.45) is 0 Å². The molecule has 0 N–H and O–H groups in total. The van der Waals surface area contributed by atoms with E-state index in [9.17, 15) is 23.3 Å². The summed E-state index contributed by atoms with van der Waals surface area (Å²) in [5.41, 5.74) is 0.153. The number of halogens is 3. The molecule has 0 amide bonds. The van der Waals surface area contributed by atoms with Gasteiger partial charge >= 0.3 is 6.18 Å². The summed E-state index contributed by atoms with van der Waals surface area (Å²) in [5.74, 6) is 0. The van der Waals surface area contributed by atoms with Crippen molar-refractivity contribution in [3.63, 3.8) is 0 Å². The van der Waals surface area contributed by atoms with Crippen molar-refractivity contribution in [2.45, 2.75) is 6.18 Å². The van der Waals surface area contributed by atoms with Crippen LogP contribution in [-0.4, -0.2) is 9.91 Å². The van der Waals surface area contributed by atoms with Crippen molar-refractivity contribution in [1.29, 1.82) is 0 Å². The zero-order valence-electron chi connectivity index (χ0n) is 12.7. The van der Waals surface area contributed by atoms with Gasteiger partial charge in [0, 0.05) is 11.5 Å². The third kappa shape index (κ3) is 3.65. The Bertz CT molecular complexity index is 981. The van der Waals surface area contributed by atoms with Crippen LogP contribution in [0.1, 0.15) is 16.8 Å². The summed E-state index contributed by atoms with van der Waals surface area (Å²) in [6.07, 6.45) is -1.41. The second kappa shape index (κ2) is 6.35. The average molecular weight is 344 g/mol. The molecule has 0 aliphatic rings. The summed E-state index contributed by atoms with van der Waals surface area (Å²) in [7, 11) is 0. The van der Waals surface area contributed by atoms with E-state index in [0.717, 1.165) is 12.1 Å². The van der Waals surface area contributed by atoms with Crippen molar-refractivity contribution < 1.29 is 18.1 Å². The number of nitro groups is 1. The summed E-state index contributed by atoms with van der Waals surface area (Å²) < 4.78 is 38.2. The van der Waals surface area contributed by atoms with Gasteiger partial charge < -0.3 is 0 Å². The van der Waals surface area contributed by atoms with Crippen LogP contribution in [0.15, 0.2) is 54.6 Å². The number of rotatable bonds is 3. The maximum Gasteiger partial charge on any atom is 0.416 e. The van der Waals surface area contributed by atoms with Crippen molar-refractivity contribution >= 4 is 28.7 Å². The van der Waals surface area contributed by atoms with E-state index in [1.165, 1.54) is 30.4 Å². The highest BCUT2D eigenvalue weighted by atomic mass is 19.4. The first-order valence-corrected chi connectivity index (χ1v) is 7.24. The molecule has 1 heterocycles. The lowest BCUT2D eigenvalue weighted by Gasteiger charge is -2.06. The fourth-order valence-electron chi connectivity index (χ4n) is 2.39. The van der Waals surface area contributed by atoms with Gasteiger partial charge in [-0.05, 0) is 29.8 Å². The topological polar surface area (TPSA) is 56.0 Å². The maximum atomic E-state index is 12.7. The van der Waals surface area contributed by atoms with Crippen LogP contribution in [0.3, 0.4) is 0 Å². The van der Waals surface area contributed by atoms with Crippen LogP contribution in [0.25, 0.3) is 23.1 Å². The van der Waals surface area contributed by atoms with Crippen molar-refractivity contribution in [3.05, 3.63) is 81.5 Å². The number of hydrogen-bond donors (Lipinski definition) is 0. The molecule has 3 aromatic rings. The van der Waals surface area contributed by atoms with Gasteiger partial charge in [0.1, 0.15) is 5.52 Å². The molecule has 0 saturated carbocycles. The van der Waals surface area contributed by atoms with Gasteiger partial charge in [0.25, 0.3) is 5.69 Å². The molecule has 0 fully saturated rings. The number of nitro benzene ring substituents is 1. The highest BCUT2D eigenvalue weighted by molar-refractivity contribution is 5.88. The standard InChI is InChI=1S/C18H11F3N2O2/c19-18(20,21)14-5-1-3-12(11-14)7-9-15-10-8-13-4-2-6-16(23(24)25)17(13)22-15/h1-11H. The summed E-state index contributed by atoms with van der Waals surface area (Å²) in [6, 6.07) is 12.8. The van der Waals surface area contributed by atoms with E-state index < -0.39 is 16.7 Å². The maximum absolute atomic E-state index is 12.7. The zero-order valence-corrected chi connectivity index (χ0v) is 12.7. The van der Waals surface area contributed by atoms with E-state index in [1.54, 1.807) is 24.3 Å². The smallest absolute Gasteiger partial charge is 0.258 e. The van der Waals surface area contributed by atoms with Gasteiger partial charge in [-0.15, -0.1) is 0 Å². The third-order valence-corrected chi connectivity index (χ3v) is 3.58. The van der Waals surface area contributed by atoms with E-state index in [-0.39, 0.29) is 11.2 Å². The predicted octanol–water partition coefficient (Wildman–Crippen LogP) is 5.33. The number of para-hydroxylation sites is 1. The van der Waals surface area contributed by atoms with Gasteiger partial charge in [0.15, 0.2) is 0 Å². The molecule has 0 aliphatic heterocycles. The minimum absolute atomic E-state index is 0.119. The van der Waals surface area contributed by atoms with Crippen molar-refractivity contribution in [2.75, 3.05) is 0 Å². The van der Waals surface area contributed by atoms with Gasteiger partial charge in [0.2, 0.25) is 0 Å². The lowest BCUT2D eigenvalue weighted by Crippen LogP contribution is -2.04. The number of pyridine rings is 1. The van der Waals surface area contributed by atoms with E-state index >= 15 is 0 Å². The summed E-state index contributed by atoms with van der Waals surface area (Å²) in [4.78, 5) is 14.8. The van der Waals surface area contributed by atoms with Crippen LogP contribution >= 0.6 is 0 Å². The fourth-order valence-corrected chi connectivity index (χ4v) is 2.39. The van der Waals surface area contributed by atoms with Gasteiger partial charge in [-0.2, -0.15) is 13.2 Å². The normalized spacial score (nSPS) is 12.0. The van der Waals surface area contributed by atoms with Crippen LogP contribution in [0.5, 0.6) is 0 Å². The Kier molecular flexibility index (Phi) is 4.22. The Morgan fingerprint density at radius 2 is 1.76 bits per heavy atom. The highest BCUT2D eigenvalue weighted by Crippen LogP contribution is 2.30. The first-order chi connectivity index (χ1) is 11.8.